The molecule has 0 saturated carbocycles. The first-order valence-electron chi connectivity index (χ1n) is 6.96. The highest BCUT2D eigenvalue weighted by Crippen LogP contribution is 2.25. The van der Waals surface area contributed by atoms with Crippen LogP contribution in [0.4, 0.5) is 0 Å². The zero-order valence-corrected chi connectivity index (χ0v) is 14.1. The van der Waals surface area contributed by atoms with Crippen LogP contribution in [-0.4, -0.2) is 13.2 Å². The molecule has 0 aromatic heterocycles. The Hall–Kier alpha value is -1.07. The Morgan fingerprint density at radius 1 is 1.05 bits per heavy atom. The molecule has 0 amide bonds. The second-order valence-corrected chi connectivity index (χ2v) is 5.79. The minimum atomic E-state index is 0.227. The molecule has 2 aromatic rings. The molecule has 1 atom stereocenters. The summed E-state index contributed by atoms with van der Waals surface area (Å²) in [5.74, 6) is 0.925. The molecule has 2 rings (SSSR count). The van der Waals surface area contributed by atoms with Crippen LogP contribution in [0.2, 0.25) is 0 Å². The topological polar surface area (TPSA) is 21.3 Å². The lowest BCUT2D eigenvalue weighted by atomic mass is 9.98. The predicted molar refractivity (Wildman–Crippen MR) is 92.3 cm³/mol. The third-order valence-electron chi connectivity index (χ3n) is 3.11. The molecule has 2 aromatic carbocycles. The van der Waals surface area contributed by atoms with Crippen LogP contribution in [0.1, 0.15) is 31.0 Å². The molecule has 0 fully saturated rings. The largest absolute Gasteiger partial charge is 0.494 e. The minimum Gasteiger partial charge on any atom is -0.494 e. The van der Waals surface area contributed by atoms with E-state index in [0.29, 0.717) is 6.61 Å². The van der Waals surface area contributed by atoms with E-state index in [1.54, 1.807) is 0 Å². The van der Waals surface area contributed by atoms with E-state index in [2.05, 4.69) is 71.2 Å². The molecule has 0 aliphatic heterocycles. The fraction of sp³-hybridized carbons (Fsp3) is 0.294. The zero-order chi connectivity index (χ0) is 14.4. The number of hydrogen-bond acceptors (Lipinski definition) is 2. The summed E-state index contributed by atoms with van der Waals surface area (Å²) in [6.07, 6.45) is 0. The highest BCUT2D eigenvalue weighted by atomic mass is 127. The van der Waals surface area contributed by atoms with Gasteiger partial charge in [-0.15, -0.1) is 0 Å². The molecular weight excluding hydrogens is 361 g/mol. The summed E-state index contributed by atoms with van der Waals surface area (Å²) in [5, 5.41) is 3.55. The van der Waals surface area contributed by atoms with Crippen molar-refractivity contribution in [2.45, 2.75) is 19.9 Å². The molecule has 0 aliphatic carbocycles. The standard InChI is InChI=1S/C17H20INO/c1-3-19-17(14-6-5-7-15(18)12-14)13-8-10-16(11-9-13)20-4-2/h5-12,17,19H,3-4H2,1-2H3. The second-order valence-electron chi connectivity index (χ2n) is 4.55. The molecule has 0 saturated heterocycles. The Bertz CT molecular complexity index is 539. The molecule has 3 heteroatoms. The Morgan fingerprint density at radius 2 is 1.80 bits per heavy atom. The van der Waals surface area contributed by atoms with Gasteiger partial charge in [-0.2, -0.15) is 0 Å². The van der Waals surface area contributed by atoms with Crippen LogP contribution in [0.5, 0.6) is 5.75 Å². The molecule has 0 bridgehead atoms. The summed E-state index contributed by atoms with van der Waals surface area (Å²) >= 11 is 2.36. The van der Waals surface area contributed by atoms with Gasteiger partial charge in [-0.3, -0.25) is 0 Å². The van der Waals surface area contributed by atoms with Crippen LogP contribution >= 0.6 is 22.6 Å². The van der Waals surface area contributed by atoms with Gasteiger partial charge in [0.2, 0.25) is 0 Å². The molecule has 1 N–H and O–H groups in total. The van der Waals surface area contributed by atoms with Gasteiger partial charge in [0.15, 0.2) is 0 Å². The van der Waals surface area contributed by atoms with Crippen LogP contribution < -0.4 is 10.1 Å². The molecular formula is C17H20INO. The van der Waals surface area contributed by atoms with Crippen molar-refractivity contribution in [1.29, 1.82) is 0 Å². The molecule has 0 spiro atoms. The van der Waals surface area contributed by atoms with E-state index >= 15 is 0 Å². The predicted octanol–water partition coefficient (Wildman–Crippen LogP) is 4.39. The summed E-state index contributed by atoms with van der Waals surface area (Å²) in [4.78, 5) is 0. The highest BCUT2D eigenvalue weighted by Gasteiger charge is 2.13. The van der Waals surface area contributed by atoms with Gasteiger partial charge in [0.05, 0.1) is 12.6 Å². The summed E-state index contributed by atoms with van der Waals surface area (Å²) in [6, 6.07) is 17.2. The third kappa shape index (κ3) is 3.96. The molecule has 20 heavy (non-hydrogen) atoms. The molecule has 1 unspecified atom stereocenters. The first-order valence-corrected chi connectivity index (χ1v) is 8.04. The average molecular weight is 381 g/mol. The number of hydrogen-bond donors (Lipinski definition) is 1. The van der Waals surface area contributed by atoms with Crippen LogP contribution in [-0.2, 0) is 0 Å². The van der Waals surface area contributed by atoms with E-state index < -0.39 is 0 Å². The molecule has 0 radical (unpaired) electrons. The van der Waals surface area contributed by atoms with E-state index in [4.69, 9.17) is 4.74 Å². The first-order chi connectivity index (χ1) is 9.74. The Labute approximate surface area is 134 Å². The van der Waals surface area contributed by atoms with E-state index in [9.17, 15) is 0 Å². The van der Waals surface area contributed by atoms with Crippen molar-refractivity contribution in [2.75, 3.05) is 13.2 Å². The van der Waals surface area contributed by atoms with Crippen molar-refractivity contribution in [3.05, 3.63) is 63.2 Å². The summed E-state index contributed by atoms with van der Waals surface area (Å²) < 4.78 is 6.76. The van der Waals surface area contributed by atoms with Gasteiger partial charge in [-0.05, 0) is 71.5 Å². The summed E-state index contributed by atoms with van der Waals surface area (Å²) in [5.41, 5.74) is 2.56. The lowest BCUT2D eigenvalue weighted by Crippen LogP contribution is -2.22. The van der Waals surface area contributed by atoms with E-state index in [0.717, 1.165) is 12.3 Å². The lowest BCUT2D eigenvalue weighted by Gasteiger charge is -2.19. The van der Waals surface area contributed by atoms with Crippen LogP contribution in [0.25, 0.3) is 0 Å². The van der Waals surface area contributed by atoms with Gasteiger partial charge in [0, 0.05) is 3.57 Å². The normalized spacial score (nSPS) is 12.2. The maximum absolute atomic E-state index is 5.50. The monoisotopic (exact) mass is 381 g/mol. The van der Waals surface area contributed by atoms with Gasteiger partial charge in [0.25, 0.3) is 0 Å². The van der Waals surface area contributed by atoms with E-state index in [1.165, 1.54) is 14.7 Å². The lowest BCUT2D eigenvalue weighted by molar-refractivity contribution is 0.340. The number of nitrogens with one attached hydrogen (secondary N) is 1. The second kappa shape index (κ2) is 7.64. The van der Waals surface area contributed by atoms with Gasteiger partial charge in [-0.25, -0.2) is 0 Å². The summed E-state index contributed by atoms with van der Waals surface area (Å²) in [6.45, 7) is 5.77. The average Bonchev–Trinajstić information content (AvgIpc) is 2.46. The van der Waals surface area contributed by atoms with E-state index in [1.807, 2.05) is 19.1 Å². The summed E-state index contributed by atoms with van der Waals surface area (Å²) in [7, 11) is 0. The zero-order valence-electron chi connectivity index (χ0n) is 11.9. The van der Waals surface area contributed by atoms with Gasteiger partial charge in [-0.1, -0.05) is 31.2 Å². The number of ether oxygens (including phenoxy) is 1. The van der Waals surface area contributed by atoms with Crippen molar-refractivity contribution < 1.29 is 4.74 Å². The number of rotatable bonds is 6. The van der Waals surface area contributed by atoms with E-state index in [-0.39, 0.29) is 6.04 Å². The minimum absolute atomic E-state index is 0.227. The molecule has 2 nitrogen and oxygen atoms in total. The number of halogens is 1. The van der Waals surface area contributed by atoms with Crippen LogP contribution in [0.3, 0.4) is 0 Å². The molecule has 0 heterocycles. The van der Waals surface area contributed by atoms with Gasteiger partial charge >= 0.3 is 0 Å². The van der Waals surface area contributed by atoms with Crippen molar-refractivity contribution in [3.63, 3.8) is 0 Å². The van der Waals surface area contributed by atoms with Crippen molar-refractivity contribution >= 4 is 22.6 Å². The first kappa shape index (κ1) is 15.3. The van der Waals surface area contributed by atoms with Crippen molar-refractivity contribution in [2.24, 2.45) is 0 Å². The SMILES string of the molecule is CCNC(c1ccc(OCC)cc1)c1cccc(I)c1. The smallest absolute Gasteiger partial charge is 0.119 e. The quantitative estimate of drug-likeness (QED) is 0.750. The maximum Gasteiger partial charge on any atom is 0.119 e. The van der Waals surface area contributed by atoms with Gasteiger partial charge < -0.3 is 10.1 Å². The van der Waals surface area contributed by atoms with Crippen molar-refractivity contribution in [3.8, 4) is 5.75 Å². The van der Waals surface area contributed by atoms with Gasteiger partial charge in [0.1, 0.15) is 5.75 Å². The molecule has 106 valence electrons. The highest BCUT2D eigenvalue weighted by molar-refractivity contribution is 14.1. The maximum atomic E-state index is 5.50. The Morgan fingerprint density at radius 3 is 2.40 bits per heavy atom. The van der Waals surface area contributed by atoms with Crippen molar-refractivity contribution in [1.82, 2.24) is 5.32 Å². The van der Waals surface area contributed by atoms with Crippen LogP contribution in [0.15, 0.2) is 48.5 Å². The number of benzene rings is 2. The Kier molecular flexibility index (Phi) is 5.86. The Balaban J connectivity index is 2.28. The third-order valence-corrected chi connectivity index (χ3v) is 3.79. The van der Waals surface area contributed by atoms with Crippen LogP contribution in [0, 0.1) is 3.57 Å². The molecule has 0 aliphatic rings. The fourth-order valence-electron chi connectivity index (χ4n) is 2.24. The fourth-order valence-corrected chi connectivity index (χ4v) is 2.81.